The number of fused-ring (bicyclic) bond motifs is 2. The Kier molecular flexibility index (Phi) is 4.52. The first-order valence-electron chi connectivity index (χ1n) is 8.87. The van der Waals surface area contributed by atoms with Crippen LogP contribution in [-0.2, 0) is 11.3 Å². The van der Waals surface area contributed by atoms with E-state index >= 15 is 0 Å². The molecule has 1 aromatic heterocycles. The molecule has 2 aromatic carbocycles. The molecule has 8 nitrogen and oxygen atoms in total. The quantitative estimate of drug-likeness (QED) is 0.546. The number of carbonyl (C=O) groups excluding carboxylic acids is 3. The summed E-state index contributed by atoms with van der Waals surface area (Å²) >= 11 is 0. The van der Waals surface area contributed by atoms with Crippen molar-refractivity contribution in [3.05, 3.63) is 97.8 Å². The van der Waals surface area contributed by atoms with Gasteiger partial charge in [0.1, 0.15) is 0 Å². The third kappa shape index (κ3) is 3.31. The number of nitrogens with one attached hydrogen (secondary N) is 2. The second-order valence-electron chi connectivity index (χ2n) is 6.53. The van der Waals surface area contributed by atoms with E-state index in [0.717, 1.165) is 0 Å². The lowest BCUT2D eigenvalue weighted by Crippen LogP contribution is -2.30. The number of H-pyrrole nitrogens is 1. The molecular weight excluding hydrogens is 374 g/mol. The van der Waals surface area contributed by atoms with Gasteiger partial charge in [0.05, 0.1) is 11.3 Å². The minimum Gasteiger partial charge on any atom is -0.325 e. The summed E-state index contributed by atoms with van der Waals surface area (Å²) in [7, 11) is 0. The average molecular weight is 389 g/mol. The molecule has 3 aromatic rings. The largest absolute Gasteiger partial charge is 0.328 e. The van der Waals surface area contributed by atoms with Gasteiger partial charge in [-0.25, -0.2) is 4.79 Å². The molecule has 0 radical (unpaired) electrons. The summed E-state index contributed by atoms with van der Waals surface area (Å²) in [6.45, 7) is 0.0478. The van der Waals surface area contributed by atoms with E-state index in [9.17, 15) is 24.0 Å². The highest BCUT2D eigenvalue weighted by Gasteiger charge is 2.31. The Morgan fingerprint density at radius 3 is 2.28 bits per heavy atom. The van der Waals surface area contributed by atoms with Crippen LogP contribution in [0, 0.1) is 0 Å². The van der Waals surface area contributed by atoms with E-state index < -0.39 is 17.2 Å². The SMILES string of the molecule is O=C(CCn1ccc(=O)[nH]c1=O)Nc1cccc2c1C(=O)c1ccccc1C2=O. The number of aryl methyl sites for hydroxylation is 1. The molecule has 4 rings (SSSR count). The van der Waals surface area contributed by atoms with Crippen LogP contribution >= 0.6 is 0 Å². The lowest BCUT2D eigenvalue weighted by Gasteiger charge is -2.20. The van der Waals surface area contributed by atoms with Crippen molar-refractivity contribution in [3.63, 3.8) is 0 Å². The van der Waals surface area contributed by atoms with Crippen molar-refractivity contribution in [2.75, 3.05) is 5.32 Å². The molecule has 0 spiro atoms. The summed E-state index contributed by atoms with van der Waals surface area (Å²) in [6, 6.07) is 12.5. The highest BCUT2D eigenvalue weighted by molar-refractivity contribution is 6.30. The Morgan fingerprint density at radius 1 is 0.862 bits per heavy atom. The van der Waals surface area contributed by atoms with Crippen molar-refractivity contribution in [2.24, 2.45) is 0 Å². The fourth-order valence-electron chi connectivity index (χ4n) is 3.30. The van der Waals surface area contributed by atoms with Crippen LogP contribution in [0.15, 0.2) is 64.3 Å². The minimum absolute atomic E-state index is 0.0478. The second-order valence-corrected chi connectivity index (χ2v) is 6.53. The van der Waals surface area contributed by atoms with Crippen LogP contribution in [0.5, 0.6) is 0 Å². The second kappa shape index (κ2) is 7.16. The van der Waals surface area contributed by atoms with Gasteiger partial charge in [-0.05, 0) is 6.07 Å². The van der Waals surface area contributed by atoms with Gasteiger partial charge < -0.3 is 9.88 Å². The topological polar surface area (TPSA) is 118 Å². The molecule has 0 atom stereocenters. The number of carbonyl (C=O) groups is 3. The maximum atomic E-state index is 12.9. The third-order valence-electron chi connectivity index (χ3n) is 4.70. The molecule has 29 heavy (non-hydrogen) atoms. The summed E-state index contributed by atoms with van der Waals surface area (Å²) in [6.07, 6.45) is 1.24. The van der Waals surface area contributed by atoms with E-state index in [2.05, 4.69) is 10.3 Å². The first kappa shape index (κ1) is 18.3. The van der Waals surface area contributed by atoms with Crippen LogP contribution in [0.4, 0.5) is 5.69 Å². The van der Waals surface area contributed by atoms with Gasteiger partial charge in [0, 0.05) is 41.9 Å². The maximum Gasteiger partial charge on any atom is 0.328 e. The van der Waals surface area contributed by atoms with Crippen molar-refractivity contribution in [1.29, 1.82) is 0 Å². The summed E-state index contributed by atoms with van der Waals surface area (Å²) in [5, 5.41) is 2.65. The van der Waals surface area contributed by atoms with Gasteiger partial charge in [-0.1, -0.05) is 36.4 Å². The number of hydrogen-bond donors (Lipinski definition) is 2. The predicted octanol–water partition coefficient (Wildman–Crippen LogP) is 1.34. The number of ketones is 2. The first-order chi connectivity index (χ1) is 14.0. The van der Waals surface area contributed by atoms with E-state index in [4.69, 9.17) is 0 Å². The van der Waals surface area contributed by atoms with Crippen LogP contribution in [0.3, 0.4) is 0 Å². The summed E-state index contributed by atoms with van der Waals surface area (Å²) < 4.78 is 1.20. The van der Waals surface area contributed by atoms with Crippen LogP contribution in [0.2, 0.25) is 0 Å². The lowest BCUT2D eigenvalue weighted by molar-refractivity contribution is -0.116. The van der Waals surface area contributed by atoms with E-state index in [0.29, 0.717) is 11.1 Å². The average Bonchev–Trinajstić information content (AvgIpc) is 2.71. The Hall–Kier alpha value is -4.07. The molecule has 0 saturated carbocycles. The molecule has 0 aliphatic heterocycles. The Bertz CT molecular complexity index is 1290. The van der Waals surface area contributed by atoms with Gasteiger partial charge in [-0.2, -0.15) is 0 Å². The van der Waals surface area contributed by atoms with Crippen molar-refractivity contribution >= 4 is 23.2 Å². The van der Waals surface area contributed by atoms with E-state index in [-0.39, 0.29) is 41.3 Å². The van der Waals surface area contributed by atoms with Gasteiger partial charge in [0.2, 0.25) is 5.91 Å². The van der Waals surface area contributed by atoms with Gasteiger partial charge in [-0.3, -0.25) is 24.2 Å². The van der Waals surface area contributed by atoms with Gasteiger partial charge in [-0.15, -0.1) is 0 Å². The number of nitrogens with zero attached hydrogens (tertiary/aromatic N) is 1. The smallest absolute Gasteiger partial charge is 0.325 e. The summed E-state index contributed by atoms with van der Waals surface area (Å²) in [4.78, 5) is 63.0. The first-order valence-corrected chi connectivity index (χ1v) is 8.87. The number of benzene rings is 2. The molecule has 144 valence electrons. The molecule has 0 unspecified atom stereocenters. The molecule has 0 bridgehead atoms. The number of anilines is 1. The zero-order valence-electron chi connectivity index (χ0n) is 15.1. The zero-order valence-corrected chi connectivity index (χ0v) is 15.1. The molecule has 1 amide bonds. The molecule has 8 heteroatoms. The molecule has 1 heterocycles. The van der Waals surface area contributed by atoms with E-state index in [1.807, 2.05) is 0 Å². The maximum absolute atomic E-state index is 12.9. The van der Waals surface area contributed by atoms with Crippen LogP contribution in [0.25, 0.3) is 0 Å². The normalized spacial score (nSPS) is 12.3. The van der Waals surface area contributed by atoms with Gasteiger partial charge in [0.15, 0.2) is 11.6 Å². The van der Waals surface area contributed by atoms with Gasteiger partial charge >= 0.3 is 5.69 Å². The highest BCUT2D eigenvalue weighted by Crippen LogP contribution is 2.31. The lowest BCUT2D eigenvalue weighted by atomic mass is 9.83. The van der Waals surface area contributed by atoms with Gasteiger partial charge in [0.25, 0.3) is 5.56 Å². The zero-order chi connectivity index (χ0) is 20.5. The van der Waals surface area contributed by atoms with Crippen molar-refractivity contribution < 1.29 is 14.4 Å². The van der Waals surface area contributed by atoms with Crippen LogP contribution in [-0.4, -0.2) is 27.0 Å². The number of amides is 1. The van der Waals surface area contributed by atoms with Crippen molar-refractivity contribution in [1.82, 2.24) is 9.55 Å². The molecule has 2 N–H and O–H groups in total. The molecule has 1 aliphatic rings. The van der Waals surface area contributed by atoms with E-state index in [1.165, 1.54) is 16.8 Å². The van der Waals surface area contributed by atoms with E-state index in [1.54, 1.807) is 42.5 Å². The van der Waals surface area contributed by atoms with Crippen molar-refractivity contribution in [3.8, 4) is 0 Å². The molecular formula is C21H15N3O5. The Labute approximate surface area is 163 Å². The fraction of sp³-hybridized carbons (Fsp3) is 0.0952. The minimum atomic E-state index is -0.611. The standard InChI is InChI=1S/C21H15N3O5/c25-16(8-10-24-11-9-17(26)23-21(24)29)22-15-7-3-6-14-18(15)20(28)13-5-2-1-4-12(13)19(14)27/h1-7,9,11H,8,10H2,(H,22,25)(H,23,26,29). The predicted molar refractivity (Wildman–Crippen MR) is 104 cm³/mol. The molecule has 0 fully saturated rings. The summed E-state index contributed by atoms with van der Waals surface area (Å²) in [5.74, 6) is -1.04. The van der Waals surface area contributed by atoms with Crippen LogP contribution in [0.1, 0.15) is 38.3 Å². The number of aromatic nitrogens is 2. The number of aromatic amines is 1. The Morgan fingerprint density at radius 2 is 1.55 bits per heavy atom. The fourth-order valence-corrected chi connectivity index (χ4v) is 3.30. The third-order valence-corrected chi connectivity index (χ3v) is 4.70. The molecule has 1 aliphatic carbocycles. The summed E-state index contributed by atoms with van der Waals surface area (Å²) in [5.41, 5.74) is 0.149. The van der Waals surface area contributed by atoms with Crippen molar-refractivity contribution in [2.45, 2.75) is 13.0 Å². The molecule has 0 saturated heterocycles. The Balaban J connectivity index is 1.58. The van der Waals surface area contributed by atoms with Crippen LogP contribution < -0.4 is 16.6 Å². The number of hydrogen-bond acceptors (Lipinski definition) is 5. The highest BCUT2D eigenvalue weighted by atomic mass is 16.2. The number of rotatable bonds is 4. The monoisotopic (exact) mass is 389 g/mol.